The van der Waals surface area contributed by atoms with Crippen LogP contribution in [-0.2, 0) is 5.54 Å². The quantitative estimate of drug-likeness (QED) is 0.770. The Balaban J connectivity index is 1.95. The van der Waals surface area contributed by atoms with E-state index >= 15 is 0 Å². The van der Waals surface area contributed by atoms with Gasteiger partial charge in [0, 0.05) is 11.1 Å². The number of thiazole rings is 1. The summed E-state index contributed by atoms with van der Waals surface area (Å²) in [6.07, 6.45) is 5.17. The van der Waals surface area contributed by atoms with Gasteiger partial charge in [0.05, 0.1) is 5.54 Å². The summed E-state index contributed by atoms with van der Waals surface area (Å²) in [5.74, 6) is 1.65. The van der Waals surface area contributed by atoms with Crippen molar-refractivity contribution < 1.29 is 0 Å². The van der Waals surface area contributed by atoms with Crippen LogP contribution < -0.4 is 5.73 Å². The van der Waals surface area contributed by atoms with E-state index in [1.807, 2.05) is 0 Å². The number of fused-ring (bicyclic) bond motifs is 1. The van der Waals surface area contributed by atoms with Gasteiger partial charge in [-0.1, -0.05) is 12.8 Å². The van der Waals surface area contributed by atoms with Crippen molar-refractivity contribution in [1.29, 1.82) is 0 Å². The van der Waals surface area contributed by atoms with E-state index in [0.29, 0.717) is 0 Å². The highest BCUT2D eigenvalue weighted by molar-refractivity contribution is 7.09. The lowest BCUT2D eigenvalue weighted by Crippen LogP contribution is -2.41. The minimum atomic E-state index is -0.0676. The van der Waals surface area contributed by atoms with E-state index in [-0.39, 0.29) is 5.54 Å². The second-order valence-electron chi connectivity index (χ2n) is 4.83. The third-order valence-electron chi connectivity index (χ3n) is 3.77. The fraction of sp³-hybridized carbons (Fsp3) is 0.727. The Morgan fingerprint density at radius 2 is 2.50 bits per heavy atom. The first kappa shape index (κ1) is 8.86. The molecule has 3 unspecified atom stereocenters. The summed E-state index contributed by atoms with van der Waals surface area (Å²) in [6, 6.07) is 0. The maximum atomic E-state index is 6.53. The lowest BCUT2D eigenvalue weighted by molar-refractivity contribution is 0.278. The van der Waals surface area contributed by atoms with Gasteiger partial charge in [0.1, 0.15) is 5.01 Å². The molecule has 76 valence electrons. The fourth-order valence-electron chi connectivity index (χ4n) is 2.87. The molecule has 0 radical (unpaired) electrons. The molecule has 2 N–H and O–H groups in total. The maximum absolute atomic E-state index is 6.53. The van der Waals surface area contributed by atoms with Crippen LogP contribution in [0, 0.1) is 18.8 Å². The van der Waals surface area contributed by atoms with Crippen LogP contribution in [0.25, 0.3) is 0 Å². The number of nitrogens with zero attached hydrogens (tertiary/aromatic N) is 1. The molecular formula is C11H16N2S. The zero-order valence-electron chi connectivity index (χ0n) is 8.49. The molecule has 2 aliphatic rings. The average molecular weight is 208 g/mol. The first-order valence-corrected chi connectivity index (χ1v) is 6.29. The highest BCUT2D eigenvalue weighted by Crippen LogP contribution is 2.57. The number of hydrogen-bond acceptors (Lipinski definition) is 3. The molecular weight excluding hydrogens is 192 g/mol. The highest BCUT2D eigenvalue weighted by Gasteiger charge is 2.54. The topological polar surface area (TPSA) is 38.9 Å². The summed E-state index contributed by atoms with van der Waals surface area (Å²) < 4.78 is 0. The van der Waals surface area contributed by atoms with Gasteiger partial charge < -0.3 is 5.73 Å². The molecule has 0 amide bonds. The Bertz CT molecular complexity index is 360. The van der Waals surface area contributed by atoms with Crippen LogP contribution in [0.3, 0.4) is 0 Å². The number of rotatable bonds is 1. The Hall–Kier alpha value is -0.410. The van der Waals surface area contributed by atoms with E-state index in [1.165, 1.54) is 24.3 Å². The molecule has 14 heavy (non-hydrogen) atoms. The molecule has 0 spiro atoms. The Morgan fingerprint density at radius 3 is 3.21 bits per heavy atom. The molecule has 3 rings (SSSR count). The largest absolute Gasteiger partial charge is 0.319 e. The Kier molecular flexibility index (Phi) is 1.77. The van der Waals surface area contributed by atoms with Crippen molar-refractivity contribution in [3.8, 4) is 0 Å². The predicted molar refractivity (Wildman–Crippen MR) is 58.2 cm³/mol. The van der Waals surface area contributed by atoms with Crippen molar-refractivity contribution >= 4 is 11.3 Å². The van der Waals surface area contributed by atoms with Crippen molar-refractivity contribution in [3.05, 3.63) is 16.1 Å². The van der Waals surface area contributed by atoms with Crippen molar-refractivity contribution in [2.75, 3.05) is 0 Å². The minimum Gasteiger partial charge on any atom is -0.319 e. The Labute approximate surface area is 88.5 Å². The number of hydrogen-bond donors (Lipinski definition) is 1. The summed E-state index contributed by atoms with van der Waals surface area (Å²) in [4.78, 5) is 4.58. The monoisotopic (exact) mass is 208 g/mol. The van der Waals surface area contributed by atoms with Crippen LogP contribution in [-0.4, -0.2) is 4.98 Å². The maximum Gasteiger partial charge on any atom is 0.113 e. The van der Waals surface area contributed by atoms with Crippen LogP contribution in [0.5, 0.6) is 0 Å². The van der Waals surface area contributed by atoms with Crippen molar-refractivity contribution in [2.45, 2.75) is 38.1 Å². The second-order valence-corrected chi connectivity index (χ2v) is 5.69. The van der Waals surface area contributed by atoms with E-state index in [0.717, 1.165) is 24.0 Å². The first-order chi connectivity index (χ1) is 6.70. The van der Waals surface area contributed by atoms with Crippen LogP contribution in [0.2, 0.25) is 0 Å². The average Bonchev–Trinajstić information content (AvgIpc) is 2.83. The molecule has 0 bridgehead atoms. The van der Waals surface area contributed by atoms with Crippen molar-refractivity contribution in [1.82, 2.24) is 4.98 Å². The molecule has 1 heterocycles. The van der Waals surface area contributed by atoms with Gasteiger partial charge in [-0.05, 0) is 31.6 Å². The SMILES string of the molecule is Cc1csc(C2(N)CCCC3CC32)n1. The van der Waals surface area contributed by atoms with E-state index in [9.17, 15) is 0 Å². The van der Waals surface area contributed by atoms with Gasteiger partial charge in [-0.15, -0.1) is 11.3 Å². The van der Waals surface area contributed by atoms with Crippen molar-refractivity contribution in [3.63, 3.8) is 0 Å². The number of aryl methyl sites for hydroxylation is 1. The van der Waals surface area contributed by atoms with Crippen LogP contribution in [0.4, 0.5) is 0 Å². The van der Waals surface area contributed by atoms with E-state index in [4.69, 9.17) is 5.73 Å². The van der Waals surface area contributed by atoms with Gasteiger partial charge in [-0.3, -0.25) is 0 Å². The van der Waals surface area contributed by atoms with Crippen LogP contribution in [0.15, 0.2) is 5.38 Å². The van der Waals surface area contributed by atoms with Gasteiger partial charge in [-0.2, -0.15) is 0 Å². The van der Waals surface area contributed by atoms with Crippen LogP contribution in [0.1, 0.15) is 36.4 Å². The number of aromatic nitrogens is 1. The summed E-state index contributed by atoms with van der Waals surface area (Å²) in [5.41, 5.74) is 7.58. The highest BCUT2D eigenvalue weighted by atomic mass is 32.1. The summed E-state index contributed by atoms with van der Waals surface area (Å²) >= 11 is 1.75. The summed E-state index contributed by atoms with van der Waals surface area (Å²) in [5, 5.41) is 3.30. The lowest BCUT2D eigenvalue weighted by Gasteiger charge is -2.31. The number of nitrogens with two attached hydrogens (primary N) is 1. The van der Waals surface area contributed by atoms with E-state index in [2.05, 4.69) is 17.3 Å². The summed E-state index contributed by atoms with van der Waals surface area (Å²) in [7, 11) is 0. The van der Waals surface area contributed by atoms with Gasteiger partial charge in [0.25, 0.3) is 0 Å². The zero-order valence-corrected chi connectivity index (χ0v) is 9.31. The van der Waals surface area contributed by atoms with Crippen molar-refractivity contribution in [2.24, 2.45) is 17.6 Å². The summed E-state index contributed by atoms with van der Waals surface area (Å²) in [6.45, 7) is 2.05. The lowest BCUT2D eigenvalue weighted by atomic mass is 9.83. The Morgan fingerprint density at radius 1 is 1.64 bits per heavy atom. The molecule has 3 atom stereocenters. The van der Waals surface area contributed by atoms with E-state index < -0.39 is 0 Å². The molecule has 2 saturated carbocycles. The van der Waals surface area contributed by atoms with Gasteiger partial charge in [0.2, 0.25) is 0 Å². The predicted octanol–water partition coefficient (Wildman–Crippen LogP) is 2.43. The fourth-order valence-corrected chi connectivity index (χ4v) is 3.88. The van der Waals surface area contributed by atoms with Gasteiger partial charge >= 0.3 is 0 Å². The normalized spacial score (nSPS) is 40.7. The second kappa shape index (κ2) is 2.80. The van der Waals surface area contributed by atoms with E-state index in [1.54, 1.807) is 11.3 Å². The smallest absolute Gasteiger partial charge is 0.113 e. The molecule has 1 aromatic rings. The molecule has 0 saturated heterocycles. The first-order valence-electron chi connectivity index (χ1n) is 5.41. The molecule has 0 aliphatic heterocycles. The minimum absolute atomic E-state index is 0.0676. The molecule has 0 aromatic carbocycles. The zero-order chi connectivity index (χ0) is 9.76. The third kappa shape index (κ3) is 1.15. The molecule has 2 nitrogen and oxygen atoms in total. The molecule has 3 heteroatoms. The van der Waals surface area contributed by atoms with Crippen LogP contribution >= 0.6 is 11.3 Å². The molecule has 2 aliphatic carbocycles. The standard InChI is InChI=1S/C11H16N2S/c1-7-6-14-10(13-7)11(12)4-2-3-8-5-9(8)11/h6,8-9H,2-5,12H2,1H3. The van der Waals surface area contributed by atoms with Gasteiger partial charge in [0.15, 0.2) is 0 Å². The molecule has 2 fully saturated rings. The molecule has 1 aromatic heterocycles. The van der Waals surface area contributed by atoms with Gasteiger partial charge in [-0.25, -0.2) is 4.98 Å². The third-order valence-corrected chi connectivity index (χ3v) is 4.92.